The second kappa shape index (κ2) is 12.0. The lowest BCUT2D eigenvalue weighted by atomic mass is 10.0. The zero-order valence-corrected chi connectivity index (χ0v) is 23.2. The molecule has 0 spiro atoms. The summed E-state index contributed by atoms with van der Waals surface area (Å²) in [4.78, 5) is 23.4. The number of aromatic nitrogens is 2. The van der Waals surface area contributed by atoms with Gasteiger partial charge in [-0.15, -0.1) is 0 Å². The maximum Gasteiger partial charge on any atom is 0.262 e. The SMILES string of the molecule is COc1ncc(-c2ccc3ncc(NC(=O)CN4CCOCC4)c(OC)c3c2)cc1NS(=O)(=O)c1ccc(F)cc1. The number of benzene rings is 2. The summed E-state index contributed by atoms with van der Waals surface area (Å²) in [6.07, 6.45) is 3.10. The lowest BCUT2D eigenvalue weighted by Gasteiger charge is -2.25. The summed E-state index contributed by atoms with van der Waals surface area (Å²) in [5.74, 6) is -0.248. The molecule has 1 saturated heterocycles. The Morgan fingerprint density at radius 3 is 2.44 bits per heavy atom. The van der Waals surface area contributed by atoms with Crippen molar-refractivity contribution in [2.24, 2.45) is 0 Å². The van der Waals surface area contributed by atoms with Crippen LogP contribution >= 0.6 is 0 Å². The number of ether oxygens (including phenoxy) is 3. The maximum absolute atomic E-state index is 13.3. The standard InChI is InChI=1S/C28H28FN5O6S/c1-38-27-22-13-18(3-8-23(22)30-16-25(27)32-26(35)17-34-9-11-40-12-10-34)19-14-24(28(39-2)31-15-19)33-41(36,37)21-6-4-20(29)5-7-21/h3-8,13-16,33H,9-12,17H2,1-2H3,(H,32,35). The van der Waals surface area contributed by atoms with Crippen LogP contribution in [0.4, 0.5) is 15.8 Å². The molecule has 4 aromatic rings. The summed E-state index contributed by atoms with van der Waals surface area (Å²) < 4.78 is 58.0. The van der Waals surface area contributed by atoms with Gasteiger partial charge in [-0.1, -0.05) is 6.07 Å². The van der Waals surface area contributed by atoms with E-state index in [1.807, 2.05) is 17.0 Å². The predicted octanol–water partition coefficient (Wildman–Crippen LogP) is 3.52. The largest absolute Gasteiger partial charge is 0.494 e. The normalized spacial score (nSPS) is 14.0. The van der Waals surface area contributed by atoms with Crippen molar-refractivity contribution < 1.29 is 31.8 Å². The highest BCUT2D eigenvalue weighted by Crippen LogP contribution is 2.36. The molecule has 0 atom stereocenters. The van der Waals surface area contributed by atoms with Crippen LogP contribution in [0.2, 0.25) is 0 Å². The Hall–Kier alpha value is -4.33. The van der Waals surface area contributed by atoms with Crippen LogP contribution in [0.3, 0.4) is 0 Å². The molecule has 1 aliphatic heterocycles. The third-order valence-electron chi connectivity index (χ3n) is 6.51. The first kappa shape index (κ1) is 28.2. The molecule has 2 N–H and O–H groups in total. The first-order valence-corrected chi connectivity index (χ1v) is 14.1. The Balaban J connectivity index is 1.45. The summed E-state index contributed by atoms with van der Waals surface area (Å²) in [6.45, 7) is 2.77. The summed E-state index contributed by atoms with van der Waals surface area (Å²) in [5.41, 5.74) is 2.43. The van der Waals surface area contributed by atoms with Gasteiger partial charge in [0.2, 0.25) is 11.8 Å². The second-order valence-electron chi connectivity index (χ2n) is 9.21. The number of methoxy groups -OCH3 is 2. The summed E-state index contributed by atoms with van der Waals surface area (Å²) >= 11 is 0. The van der Waals surface area contributed by atoms with E-state index in [0.717, 1.165) is 12.1 Å². The minimum atomic E-state index is -4.05. The zero-order chi connectivity index (χ0) is 29.0. The lowest BCUT2D eigenvalue weighted by molar-refractivity contribution is -0.118. The second-order valence-corrected chi connectivity index (χ2v) is 10.9. The first-order chi connectivity index (χ1) is 19.8. The van der Waals surface area contributed by atoms with Gasteiger partial charge in [-0.2, -0.15) is 0 Å². The van der Waals surface area contributed by atoms with Crippen LogP contribution in [-0.2, 0) is 19.6 Å². The molecule has 41 heavy (non-hydrogen) atoms. The number of halogens is 1. The van der Waals surface area contributed by atoms with Crippen molar-refractivity contribution in [1.82, 2.24) is 14.9 Å². The number of morpholine rings is 1. The Morgan fingerprint density at radius 2 is 1.73 bits per heavy atom. The van der Waals surface area contributed by atoms with E-state index in [1.165, 1.54) is 26.4 Å². The fourth-order valence-electron chi connectivity index (χ4n) is 4.47. The third kappa shape index (κ3) is 6.37. The maximum atomic E-state index is 13.3. The minimum absolute atomic E-state index is 0.0599. The van der Waals surface area contributed by atoms with Crippen molar-refractivity contribution in [3.05, 3.63) is 66.7 Å². The van der Waals surface area contributed by atoms with E-state index in [1.54, 1.807) is 24.5 Å². The van der Waals surface area contributed by atoms with Crippen molar-refractivity contribution in [3.63, 3.8) is 0 Å². The molecular formula is C28H28FN5O6S. The molecule has 13 heteroatoms. The molecule has 0 aliphatic carbocycles. The van der Waals surface area contributed by atoms with Gasteiger partial charge in [0.25, 0.3) is 10.0 Å². The van der Waals surface area contributed by atoms with Crippen LogP contribution in [0.25, 0.3) is 22.0 Å². The molecule has 214 valence electrons. The monoisotopic (exact) mass is 581 g/mol. The molecule has 2 aromatic heterocycles. The van der Waals surface area contributed by atoms with E-state index in [4.69, 9.17) is 14.2 Å². The van der Waals surface area contributed by atoms with E-state index in [0.29, 0.717) is 59.8 Å². The number of hydrogen-bond donors (Lipinski definition) is 2. The molecule has 3 heterocycles. The van der Waals surface area contributed by atoms with Crippen LogP contribution in [0.15, 0.2) is 65.8 Å². The Morgan fingerprint density at radius 1 is 0.976 bits per heavy atom. The van der Waals surface area contributed by atoms with Gasteiger partial charge in [-0.3, -0.25) is 19.4 Å². The van der Waals surface area contributed by atoms with Crippen molar-refractivity contribution in [2.45, 2.75) is 4.90 Å². The highest BCUT2D eigenvalue weighted by atomic mass is 32.2. The molecule has 5 rings (SSSR count). The van der Waals surface area contributed by atoms with Gasteiger partial charge >= 0.3 is 0 Å². The number of nitrogens with one attached hydrogen (secondary N) is 2. The number of sulfonamides is 1. The number of hydrogen-bond acceptors (Lipinski definition) is 9. The summed E-state index contributed by atoms with van der Waals surface area (Å²) in [5, 5.41) is 3.53. The Bertz CT molecular complexity index is 1680. The smallest absolute Gasteiger partial charge is 0.262 e. The van der Waals surface area contributed by atoms with Crippen LogP contribution in [0.1, 0.15) is 0 Å². The molecule has 0 radical (unpaired) electrons. The minimum Gasteiger partial charge on any atom is -0.494 e. The Kier molecular flexibility index (Phi) is 8.28. The van der Waals surface area contributed by atoms with Crippen molar-refractivity contribution >= 4 is 38.2 Å². The third-order valence-corrected chi connectivity index (χ3v) is 7.90. The van der Waals surface area contributed by atoms with Gasteiger partial charge < -0.3 is 19.5 Å². The lowest BCUT2D eigenvalue weighted by Crippen LogP contribution is -2.41. The molecular weight excluding hydrogens is 553 g/mol. The fourth-order valence-corrected chi connectivity index (χ4v) is 5.52. The summed E-state index contributed by atoms with van der Waals surface area (Å²) in [7, 11) is -1.17. The molecule has 2 aromatic carbocycles. The fraction of sp³-hybridized carbons (Fsp3) is 0.250. The van der Waals surface area contributed by atoms with Gasteiger partial charge in [0, 0.05) is 30.2 Å². The number of pyridine rings is 2. The number of nitrogens with zero attached hydrogens (tertiary/aromatic N) is 3. The zero-order valence-electron chi connectivity index (χ0n) is 22.4. The van der Waals surface area contributed by atoms with Crippen molar-refractivity contribution in [1.29, 1.82) is 0 Å². The number of rotatable bonds is 9. The van der Waals surface area contributed by atoms with E-state index in [2.05, 4.69) is 20.0 Å². The first-order valence-electron chi connectivity index (χ1n) is 12.7. The van der Waals surface area contributed by atoms with E-state index in [9.17, 15) is 17.6 Å². The van der Waals surface area contributed by atoms with Crippen molar-refractivity contribution in [3.8, 4) is 22.8 Å². The highest BCUT2D eigenvalue weighted by molar-refractivity contribution is 7.92. The van der Waals surface area contributed by atoms with E-state index in [-0.39, 0.29) is 28.9 Å². The van der Waals surface area contributed by atoms with Gasteiger partial charge in [0.05, 0.1) is 50.6 Å². The van der Waals surface area contributed by atoms with E-state index >= 15 is 0 Å². The highest BCUT2D eigenvalue weighted by Gasteiger charge is 2.20. The topological polar surface area (TPSA) is 132 Å². The van der Waals surface area contributed by atoms with Crippen molar-refractivity contribution in [2.75, 3.05) is 57.1 Å². The molecule has 0 unspecified atom stereocenters. The van der Waals surface area contributed by atoms with Gasteiger partial charge in [0.1, 0.15) is 17.2 Å². The molecule has 1 amide bonds. The van der Waals surface area contributed by atoms with Gasteiger partial charge in [-0.25, -0.2) is 17.8 Å². The molecule has 1 aliphatic rings. The number of amides is 1. The van der Waals surface area contributed by atoms with Gasteiger partial charge in [0.15, 0.2) is 5.75 Å². The van der Waals surface area contributed by atoms with Crippen LogP contribution in [-0.4, -0.2) is 76.3 Å². The molecule has 0 saturated carbocycles. The molecule has 11 nitrogen and oxygen atoms in total. The van der Waals surface area contributed by atoms with Crippen LogP contribution in [0, 0.1) is 5.82 Å². The molecule has 0 bridgehead atoms. The van der Waals surface area contributed by atoms with Crippen LogP contribution in [0.5, 0.6) is 11.6 Å². The van der Waals surface area contributed by atoms with E-state index < -0.39 is 15.8 Å². The average molecular weight is 582 g/mol. The Labute approximate surface area is 236 Å². The number of carbonyl (C=O) groups is 1. The average Bonchev–Trinajstić information content (AvgIpc) is 2.97. The summed E-state index contributed by atoms with van der Waals surface area (Å²) in [6, 6.07) is 11.5. The molecule has 1 fully saturated rings. The van der Waals surface area contributed by atoms with Gasteiger partial charge in [-0.05, 0) is 48.0 Å². The number of anilines is 2. The van der Waals surface area contributed by atoms with Crippen LogP contribution < -0.4 is 19.5 Å². The number of fused-ring (bicyclic) bond motifs is 1. The number of carbonyl (C=O) groups excluding carboxylic acids is 1. The quantitative estimate of drug-likeness (QED) is 0.305. The predicted molar refractivity (Wildman–Crippen MR) is 151 cm³/mol.